The fourth-order valence-corrected chi connectivity index (χ4v) is 1.05. The summed E-state index contributed by atoms with van der Waals surface area (Å²) in [6, 6.07) is 10.8. The maximum atomic E-state index is 10.8. The molecule has 0 bridgehead atoms. The molecule has 0 N–H and O–H groups in total. The number of nitrogens with zero attached hydrogens (tertiary/aromatic N) is 1. The van der Waals surface area contributed by atoms with Crippen LogP contribution in [-0.2, 0) is 0 Å². The number of fused-ring (bicyclic) bond motifs is 1. The van der Waals surface area contributed by atoms with Gasteiger partial charge in [0.15, 0.2) is 0 Å². The maximum Gasteiger partial charge on any atom is 1.00 e. The van der Waals surface area contributed by atoms with Crippen LogP contribution < -0.4 is 40.1 Å². The van der Waals surface area contributed by atoms with E-state index in [2.05, 4.69) is 4.98 Å². The Kier molecular flexibility index (Phi) is 3.09. The average molecular weight is 167 g/mol. The fraction of sp³-hybridized carbons (Fsp3) is 0. The summed E-state index contributed by atoms with van der Waals surface area (Å²) in [5.41, 5.74) is 0.587. The average Bonchev–Trinajstić information content (AvgIpc) is 2.04. The van der Waals surface area contributed by atoms with Crippen LogP contribution in [0.4, 0.5) is 0 Å². The Morgan fingerprint density at radius 3 is 2.58 bits per heavy atom. The van der Waals surface area contributed by atoms with E-state index >= 15 is 0 Å². The third kappa shape index (κ3) is 1.78. The van der Waals surface area contributed by atoms with Gasteiger partial charge in [-0.1, -0.05) is 30.3 Å². The summed E-state index contributed by atoms with van der Waals surface area (Å²) < 4.78 is 0. The Morgan fingerprint density at radius 1 is 1.00 bits per heavy atom. The molecule has 12 heavy (non-hydrogen) atoms. The van der Waals surface area contributed by atoms with Crippen LogP contribution >= 0.6 is 0 Å². The summed E-state index contributed by atoms with van der Waals surface area (Å²) in [7, 11) is 0. The van der Waals surface area contributed by atoms with Crippen molar-refractivity contribution in [1.29, 1.82) is 0 Å². The smallest absolute Gasteiger partial charge is 0.623 e. The molecule has 2 nitrogen and oxygen atoms in total. The molecular weight excluding hydrogens is 161 g/mol. The first-order chi connectivity index (χ1) is 5.36. The van der Waals surface area contributed by atoms with Crippen molar-refractivity contribution in [2.45, 2.75) is 0 Å². The molecule has 1 heterocycles. The number of pyridine rings is 1. The van der Waals surface area contributed by atoms with Gasteiger partial charge >= 0.3 is 29.6 Å². The van der Waals surface area contributed by atoms with Crippen LogP contribution in [0.2, 0.25) is 0 Å². The Hall–Kier alpha value is -0.570. The Bertz CT molecular complexity index is 435. The van der Waals surface area contributed by atoms with E-state index in [1.54, 1.807) is 6.07 Å². The van der Waals surface area contributed by atoms with Gasteiger partial charge in [-0.2, -0.15) is 0 Å². The van der Waals surface area contributed by atoms with E-state index in [-0.39, 0.29) is 35.1 Å². The van der Waals surface area contributed by atoms with Crippen LogP contribution in [0.15, 0.2) is 41.2 Å². The molecular formula is C9H6NNaO. The predicted octanol–water partition coefficient (Wildman–Crippen LogP) is -1.84. The van der Waals surface area contributed by atoms with Crippen molar-refractivity contribution in [1.82, 2.24) is 4.98 Å². The van der Waals surface area contributed by atoms with Crippen LogP contribution in [-0.4, -0.2) is 0 Å². The normalized spacial score (nSPS) is 9.33. The summed E-state index contributed by atoms with van der Waals surface area (Å²) in [5.74, 6) is 0. The molecule has 1 aromatic heterocycles. The Labute approximate surface area is 91.9 Å². The van der Waals surface area contributed by atoms with Crippen LogP contribution in [0.3, 0.4) is 0 Å². The van der Waals surface area contributed by atoms with Gasteiger partial charge in [0.25, 0.3) is 0 Å². The first-order valence-corrected chi connectivity index (χ1v) is 3.39. The molecule has 54 valence electrons. The van der Waals surface area contributed by atoms with Crippen molar-refractivity contribution < 1.29 is 29.6 Å². The minimum absolute atomic E-state index is 0. The molecule has 0 aliphatic rings. The van der Waals surface area contributed by atoms with Gasteiger partial charge in [0.05, 0.1) is 5.56 Å². The second-order valence-electron chi connectivity index (χ2n) is 2.34. The minimum Gasteiger partial charge on any atom is -0.623 e. The zero-order valence-electron chi connectivity index (χ0n) is 6.82. The van der Waals surface area contributed by atoms with Gasteiger partial charge in [-0.25, -0.2) is 0 Å². The van der Waals surface area contributed by atoms with Gasteiger partial charge in [0.2, 0.25) is 0 Å². The summed E-state index contributed by atoms with van der Waals surface area (Å²) in [6.07, 6.45) is 0. The number of rotatable bonds is 0. The van der Waals surface area contributed by atoms with Crippen molar-refractivity contribution in [2.75, 3.05) is 0 Å². The number of benzene rings is 1. The third-order valence-corrected chi connectivity index (χ3v) is 1.57. The monoisotopic (exact) mass is 167 g/mol. The standard InChI is InChI=1S/C9H7NO.Na/c11-9-6-5-7-3-1-2-4-8(7)10-9;/h1-6H,(H,10,11);/q;+1/p-1. The van der Waals surface area contributed by atoms with Crippen molar-refractivity contribution in [3.8, 4) is 0 Å². The van der Waals surface area contributed by atoms with Gasteiger partial charge in [-0.05, 0) is 11.5 Å². The molecule has 0 unspecified atom stereocenters. The molecule has 1 aromatic carbocycles. The second-order valence-corrected chi connectivity index (χ2v) is 2.34. The zero-order valence-corrected chi connectivity index (χ0v) is 8.82. The molecule has 3 heteroatoms. The van der Waals surface area contributed by atoms with Crippen molar-refractivity contribution >= 4 is 10.9 Å². The van der Waals surface area contributed by atoms with Crippen LogP contribution in [0.1, 0.15) is 0 Å². The molecule has 0 aliphatic carbocycles. The van der Waals surface area contributed by atoms with Crippen molar-refractivity contribution in [3.05, 3.63) is 46.8 Å². The first kappa shape index (κ1) is 9.52. The van der Waals surface area contributed by atoms with Crippen molar-refractivity contribution in [3.63, 3.8) is 0 Å². The van der Waals surface area contributed by atoms with Gasteiger partial charge < -0.3 is 9.78 Å². The fourth-order valence-electron chi connectivity index (χ4n) is 1.05. The quantitative estimate of drug-likeness (QED) is 0.432. The third-order valence-electron chi connectivity index (χ3n) is 1.57. The molecule has 2 rings (SSSR count). The predicted molar refractivity (Wildman–Crippen MR) is 43.5 cm³/mol. The van der Waals surface area contributed by atoms with E-state index in [1.807, 2.05) is 24.3 Å². The topological polar surface area (TPSA) is 31.2 Å². The molecule has 0 fully saturated rings. The van der Waals surface area contributed by atoms with E-state index in [9.17, 15) is 4.79 Å². The molecule has 0 aliphatic heterocycles. The minimum atomic E-state index is -0.177. The molecule has 0 saturated carbocycles. The number of aromatic nitrogens is 1. The molecule has 0 radical (unpaired) electrons. The Morgan fingerprint density at radius 2 is 1.75 bits per heavy atom. The number of para-hydroxylation sites is 1. The maximum absolute atomic E-state index is 10.8. The molecule has 0 spiro atoms. The summed E-state index contributed by atoms with van der Waals surface area (Å²) >= 11 is 0. The van der Waals surface area contributed by atoms with Gasteiger partial charge in [0, 0.05) is 0 Å². The van der Waals surface area contributed by atoms with E-state index in [0.717, 1.165) is 10.9 Å². The molecule has 0 atom stereocenters. The molecule has 2 aromatic rings. The summed E-state index contributed by atoms with van der Waals surface area (Å²) in [6.45, 7) is 0. The summed E-state index contributed by atoms with van der Waals surface area (Å²) in [4.78, 5) is 14.6. The van der Waals surface area contributed by atoms with Crippen molar-refractivity contribution in [2.24, 2.45) is 0 Å². The first-order valence-electron chi connectivity index (χ1n) is 3.39. The number of hydrogen-bond donors (Lipinski definition) is 0. The summed E-state index contributed by atoms with van der Waals surface area (Å²) in [5, 5.41) is 1.01. The largest absolute Gasteiger partial charge is 1.00 e. The van der Waals surface area contributed by atoms with E-state index in [4.69, 9.17) is 0 Å². The second kappa shape index (κ2) is 3.90. The SMILES string of the molecule is O=c1ccc2ccccc2[n-]1.[Na+]. The number of hydrogen-bond acceptors (Lipinski definition) is 1. The van der Waals surface area contributed by atoms with Gasteiger partial charge in [0.1, 0.15) is 0 Å². The van der Waals surface area contributed by atoms with E-state index in [0.29, 0.717) is 0 Å². The molecule has 0 amide bonds. The zero-order chi connectivity index (χ0) is 7.68. The van der Waals surface area contributed by atoms with Gasteiger partial charge in [-0.3, -0.25) is 0 Å². The van der Waals surface area contributed by atoms with Crippen LogP contribution in [0, 0.1) is 0 Å². The van der Waals surface area contributed by atoms with Crippen LogP contribution in [0.5, 0.6) is 0 Å². The molecule has 0 saturated heterocycles. The van der Waals surface area contributed by atoms with Gasteiger partial charge in [-0.15, -0.1) is 5.52 Å². The van der Waals surface area contributed by atoms with E-state index in [1.165, 1.54) is 6.07 Å². The Balaban J connectivity index is 0.000000720. The van der Waals surface area contributed by atoms with E-state index < -0.39 is 0 Å². The van der Waals surface area contributed by atoms with Crippen LogP contribution in [0.25, 0.3) is 10.9 Å².